The number of hydrogen-bond acceptors (Lipinski definition) is 4. The minimum atomic E-state index is -4.86. The molecule has 0 saturated carbocycles. The summed E-state index contributed by atoms with van der Waals surface area (Å²) in [7, 11) is -3.85. The molecule has 1 saturated heterocycles. The lowest BCUT2D eigenvalue weighted by Crippen LogP contribution is -2.33. The highest BCUT2D eigenvalue weighted by molar-refractivity contribution is 7.89. The quantitative estimate of drug-likeness (QED) is 0.911. The van der Waals surface area contributed by atoms with E-state index in [1.165, 1.54) is 16.4 Å². The van der Waals surface area contributed by atoms with E-state index in [4.69, 9.17) is 5.73 Å². The molecule has 1 fully saturated rings. The monoisotopic (exact) mass is 338 g/mol. The van der Waals surface area contributed by atoms with Crippen molar-refractivity contribution in [1.29, 1.82) is 0 Å². The van der Waals surface area contributed by atoms with Gasteiger partial charge in [0.1, 0.15) is 5.75 Å². The summed E-state index contributed by atoms with van der Waals surface area (Å²) in [6.45, 7) is 2.38. The van der Waals surface area contributed by atoms with Gasteiger partial charge in [-0.2, -0.15) is 4.31 Å². The van der Waals surface area contributed by atoms with Crippen molar-refractivity contribution < 1.29 is 26.3 Å². The molecule has 124 valence electrons. The topological polar surface area (TPSA) is 72.6 Å². The van der Waals surface area contributed by atoms with Gasteiger partial charge in [-0.3, -0.25) is 0 Å². The van der Waals surface area contributed by atoms with Crippen molar-refractivity contribution in [2.24, 2.45) is 11.7 Å². The van der Waals surface area contributed by atoms with Crippen LogP contribution in [0.5, 0.6) is 5.75 Å². The Morgan fingerprint density at radius 3 is 2.64 bits per heavy atom. The zero-order valence-corrected chi connectivity index (χ0v) is 12.7. The molecule has 22 heavy (non-hydrogen) atoms. The number of halogens is 3. The normalized spacial score (nSPS) is 21.8. The van der Waals surface area contributed by atoms with Crippen molar-refractivity contribution in [3.05, 3.63) is 24.3 Å². The maximum atomic E-state index is 12.5. The van der Waals surface area contributed by atoms with E-state index in [0.717, 1.165) is 12.1 Å². The van der Waals surface area contributed by atoms with E-state index in [9.17, 15) is 21.6 Å². The van der Waals surface area contributed by atoms with Gasteiger partial charge < -0.3 is 10.5 Å². The molecule has 1 heterocycles. The Morgan fingerprint density at radius 2 is 2.09 bits per heavy atom. The molecule has 0 bridgehead atoms. The highest BCUT2D eigenvalue weighted by Gasteiger charge is 2.35. The maximum absolute atomic E-state index is 12.5. The molecule has 9 heteroatoms. The zero-order chi connectivity index (χ0) is 16.5. The van der Waals surface area contributed by atoms with Gasteiger partial charge in [0.05, 0.1) is 4.90 Å². The van der Waals surface area contributed by atoms with E-state index in [-0.39, 0.29) is 23.4 Å². The first-order valence-corrected chi connectivity index (χ1v) is 8.15. The van der Waals surface area contributed by atoms with Crippen LogP contribution in [0.4, 0.5) is 13.2 Å². The Kier molecular flexibility index (Phi) is 4.69. The second-order valence-corrected chi connectivity index (χ2v) is 7.23. The van der Waals surface area contributed by atoms with Crippen molar-refractivity contribution in [3.8, 4) is 5.75 Å². The molecule has 1 aromatic carbocycles. The molecule has 2 rings (SSSR count). The average molecular weight is 338 g/mol. The summed E-state index contributed by atoms with van der Waals surface area (Å²) in [5.74, 6) is -0.513. The van der Waals surface area contributed by atoms with E-state index in [2.05, 4.69) is 4.74 Å². The Morgan fingerprint density at radius 1 is 1.41 bits per heavy atom. The summed E-state index contributed by atoms with van der Waals surface area (Å²) in [5.41, 5.74) is 5.77. The van der Waals surface area contributed by atoms with Gasteiger partial charge in [0.2, 0.25) is 10.0 Å². The van der Waals surface area contributed by atoms with Crippen LogP contribution in [0.15, 0.2) is 29.2 Å². The van der Waals surface area contributed by atoms with Crippen LogP contribution in [0.25, 0.3) is 0 Å². The summed E-state index contributed by atoms with van der Waals surface area (Å²) >= 11 is 0. The first kappa shape index (κ1) is 17.0. The molecular formula is C13H17F3N2O3S. The molecular weight excluding hydrogens is 321 g/mol. The predicted molar refractivity (Wildman–Crippen MR) is 73.6 cm³/mol. The van der Waals surface area contributed by atoms with Crippen LogP contribution in [-0.2, 0) is 10.0 Å². The van der Waals surface area contributed by atoms with Gasteiger partial charge in [-0.05, 0) is 31.4 Å². The molecule has 5 nitrogen and oxygen atoms in total. The molecule has 2 atom stereocenters. The van der Waals surface area contributed by atoms with Crippen molar-refractivity contribution in [2.75, 3.05) is 13.1 Å². The van der Waals surface area contributed by atoms with Crippen molar-refractivity contribution in [2.45, 2.75) is 30.6 Å². The molecule has 2 N–H and O–H groups in total. The van der Waals surface area contributed by atoms with Crippen molar-refractivity contribution in [1.82, 2.24) is 4.31 Å². The van der Waals surface area contributed by atoms with Crippen LogP contribution in [-0.4, -0.2) is 38.2 Å². The van der Waals surface area contributed by atoms with Crippen LogP contribution >= 0.6 is 0 Å². The summed E-state index contributed by atoms with van der Waals surface area (Å²) in [6.07, 6.45) is -4.23. The van der Waals surface area contributed by atoms with E-state index >= 15 is 0 Å². The summed E-state index contributed by atoms with van der Waals surface area (Å²) in [6, 6.07) is 4.26. The van der Waals surface area contributed by atoms with Crippen LogP contribution < -0.4 is 10.5 Å². The molecule has 0 aromatic heterocycles. The maximum Gasteiger partial charge on any atom is 0.573 e. The third-order valence-corrected chi connectivity index (χ3v) is 5.47. The number of benzene rings is 1. The number of nitrogens with two attached hydrogens (primary N) is 1. The van der Waals surface area contributed by atoms with Crippen LogP contribution in [0.2, 0.25) is 0 Å². The lowest BCUT2D eigenvalue weighted by Gasteiger charge is -2.18. The molecule has 1 aliphatic heterocycles. The lowest BCUT2D eigenvalue weighted by molar-refractivity contribution is -0.274. The van der Waals surface area contributed by atoms with Crippen LogP contribution in [0, 0.1) is 5.92 Å². The standard InChI is InChI=1S/C13H17F3N2O3S/c1-9(17)10-5-6-18(8-10)22(19,20)12-4-2-3-11(7-12)21-13(14,15)16/h2-4,7,9-10H,5-6,8,17H2,1H3. The van der Waals surface area contributed by atoms with E-state index in [1.54, 1.807) is 6.92 Å². The molecule has 0 amide bonds. The largest absolute Gasteiger partial charge is 0.573 e. The SMILES string of the molecule is CC(N)C1CCN(S(=O)(=O)c2cccc(OC(F)(F)F)c2)C1. The lowest BCUT2D eigenvalue weighted by atomic mass is 10.0. The van der Waals surface area contributed by atoms with Gasteiger partial charge in [0.15, 0.2) is 0 Å². The zero-order valence-electron chi connectivity index (χ0n) is 11.9. The Bertz CT molecular complexity index is 632. The van der Waals surface area contributed by atoms with Crippen molar-refractivity contribution in [3.63, 3.8) is 0 Å². The highest BCUT2D eigenvalue weighted by Crippen LogP contribution is 2.29. The minimum absolute atomic E-state index is 0.0457. The second kappa shape index (κ2) is 6.05. The van der Waals surface area contributed by atoms with Gasteiger partial charge in [-0.1, -0.05) is 6.07 Å². The fraction of sp³-hybridized carbons (Fsp3) is 0.538. The van der Waals surface area contributed by atoms with Gasteiger partial charge in [0.25, 0.3) is 0 Å². The van der Waals surface area contributed by atoms with E-state index < -0.39 is 22.1 Å². The van der Waals surface area contributed by atoms with Crippen LogP contribution in [0.3, 0.4) is 0 Å². The third-order valence-electron chi connectivity index (χ3n) is 3.61. The second-order valence-electron chi connectivity index (χ2n) is 5.29. The highest BCUT2D eigenvalue weighted by atomic mass is 32.2. The van der Waals surface area contributed by atoms with E-state index in [0.29, 0.717) is 13.0 Å². The minimum Gasteiger partial charge on any atom is -0.406 e. The Balaban J connectivity index is 2.22. The number of ether oxygens (including phenoxy) is 1. The first-order valence-electron chi connectivity index (χ1n) is 6.71. The summed E-state index contributed by atoms with van der Waals surface area (Å²) in [5, 5.41) is 0. The average Bonchev–Trinajstić information content (AvgIpc) is 2.87. The molecule has 2 unspecified atom stereocenters. The van der Waals surface area contributed by atoms with Gasteiger partial charge in [0, 0.05) is 25.2 Å². The van der Waals surface area contributed by atoms with Gasteiger partial charge in [-0.25, -0.2) is 8.42 Å². The Hall–Kier alpha value is -1.32. The molecule has 0 spiro atoms. The number of alkyl halides is 3. The number of hydrogen-bond donors (Lipinski definition) is 1. The molecule has 0 aliphatic carbocycles. The number of nitrogens with zero attached hydrogens (tertiary/aromatic N) is 1. The number of rotatable bonds is 4. The summed E-state index contributed by atoms with van der Waals surface area (Å²) in [4.78, 5) is -0.223. The first-order chi connectivity index (χ1) is 10.1. The fourth-order valence-corrected chi connectivity index (χ4v) is 3.93. The smallest absolute Gasteiger partial charge is 0.406 e. The van der Waals surface area contributed by atoms with Crippen molar-refractivity contribution >= 4 is 10.0 Å². The third kappa shape index (κ3) is 3.90. The van der Waals surface area contributed by atoms with Gasteiger partial charge in [-0.15, -0.1) is 13.2 Å². The van der Waals surface area contributed by atoms with Crippen LogP contribution in [0.1, 0.15) is 13.3 Å². The van der Waals surface area contributed by atoms with Gasteiger partial charge >= 0.3 is 6.36 Å². The molecule has 1 aliphatic rings. The predicted octanol–water partition coefficient (Wildman–Crippen LogP) is 1.94. The Labute approximate surface area is 126 Å². The molecule has 0 radical (unpaired) electrons. The number of sulfonamides is 1. The fourth-order valence-electron chi connectivity index (χ4n) is 2.38. The van der Waals surface area contributed by atoms with E-state index in [1.807, 2.05) is 0 Å². The molecule has 1 aromatic rings. The summed E-state index contributed by atoms with van der Waals surface area (Å²) < 4.78 is 66.6.